The van der Waals surface area contributed by atoms with Crippen LogP contribution in [0.5, 0.6) is 0 Å². The number of nitrogens with zero attached hydrogens (tertiary/aromatic N) is 3. The van der Waals surface area contributed by atoms with Crippen LogP contribution < -0.4 is 10.6 Å². The van der Waals surface area contributed by atoms with Gasteiger partial charge in [-0.15, -0.1) is 11.3 Å². The summed E-state index contributed by atoms with van der Waals surface area (Å²) in [7, 11) is 2.15. The normalized spacial score (nSPS) is 13.0. The Bertz CT molecular complexity index is 691. The van der Waals surface area contributed by atoms with Gasteiger partial charge in [0.2, 0.25) is 0 Å². The van der Waals surface area contributed by atoms with Gasteiger partial charge in [0.05, 0.1) is 17.2 Å². The SMILES string of the molecule is CCNC(=NCC(C)N(C)Cc1ccccc1)NCCc1nc(C)c(C)s1. The quantitative estimate of drug-likeness (QED) is 0.512. The van der Waals surface area contributed by atoms with Crippen molar-refractivity contribution in [3.63, 3.8) is 0 Å². The van der Waals surface area contributed by atoms with E-state index >= 15 is 0 Å². The third-order valence-corrected chi connectivity index (χ3v) is 5.72. The molecule has 148 valence electrons. The van der Waals surface area contributed by atoms with Gasteiger partial charge >= 0.3 is 0 Å². The van der Waals surface area contributed by atoms with Crippen LogP contribution >= 0.6 is 11.3 Å². The third-order valence-electron chi connectivity index (χ3n) is 4.59. The molecule has 1 unspecified atom stereocenters. The Balaban J connectivity index is 1.82. The molecule has 0 saturated carbocycles. The van der Waals surface area contributed by atoms with Crippen molar-refractivity contribution in [2.24, 2.45) is 4.99 Å². The van der Waals surface area contributed by atoms with Crippen molar-refractivity contribution in [3.8, 4) is 0 Å². The maximum Gasteiger partial charge on any atom is 0.191 e. The Labute approximate surface area is 167 Å². The first-order valence-electron chi connectivity index (χ1n) is 9.68. The summed E-state index contributed by atoms with van der Waals surface area (Å²) in [5.41, 5.74) is 2.47. The first kappa shape index (κ1) is 21.4. The molecule has 0 amide bonds. The van der Waals surface area contributed by atoms with E-state index in [1.165, 1.54) is 15.4 Å². The molecule has 0 bridgehead atoms. The average molecular weight is 388 g/mol. The molecule has 6 heteroatoms. The summed E-state index contributed by atoms with van der Waals surface area (Å²) in [6.07, 6.45) is 0.924. The summed E-state index contributed by atoms with van der Waals surface area (Å²) >= 11 is 1.78. The number of aliphatic imine (C=N–C) groups is 1. The lowest BCUT2D eigenvalue weighted by molar-refractivity contribution is 0.255. The molecule has 5 nitrogen and oxygen atoms in total. The second-order valence-electron chi connectivity index (χ2n) is 6.90. The van der Waals surface area contributed by atoms with Crippen LogP contribution in [0.4, 0.5) is 0 Å². The lowest BCUT2D eigenvalue weighted by Gasteiger charge is -2.23. The fourth-order valence-electron chi connectivity index (χ4n) is 2.67. The molecule has 2 aromatic rings. The summed E-state index contributed by atoms with van der Waals surface area (Å²) in [4.78, 5) is 13.0. The summed E-state index contributed by atoms with van der Waals surface area (Å²) in [6, 6.07) is 10.9. The third kappa shape index (κ3) is 7.31. The second kappa shape index (κ2) is 11.0. The van der Waals surface area contributed by atoms with E-state index in [-0.39, 0.29) is 0 Å². The Hall–Kier alpha value is -1.92. The molecule has 0 radical (unpaired) electrons. The number of thiazole rings is 1. The van der Waals surface area contributed by atoms with Crippen molar-refractivity contribution in [1.82, 2.24) is 20.5 Å². The molecule has 1 heterocycles. The van der Waals surface area contributed by atoms with Crippen LogP contribution in [0.1, 0.15) is 35.0 Å². The van der Waals surface area contributed by atoms with Crippen LogP contribution in [0.3, 0.4) is 0 Å². The standard InChI is InChI=1S/C21H33N5S/c1-6-22-21(23-13-12-20-25-17(3)18(4)27-20)24-14-16(2)26(5)15-19-10-8-7-9-11-19/h7-11,16H,6,12-15H2,1-5H3,(H2,22,23,24). The van der Waals surface area contributed by atoms with Crippen LogP contribution in [-0.2, 0) is 13.0 Å². The highest BCUT2D eigenvalue weighted by Gasteiger charge is 2.10. The summed E-state index contributed by atoms with van der Waals surface area (Å²) < 4.78 is 0. The number of likely N-dealkylation sites (N-methyl/N-ethyl adjacent to an activating group) is 1. The monoisotopic (exact) mass is 387 g/mol. The first-order chi connectivity index (χ1) is 13.0. The molecule has 2 N–H and O–H groups in total. The minimum atomic E-state index is 0.366. The highest BCUT2D eigenvalue weighted by molar-refractivity contribution is 7.11. The van der Waals surface area contributed by atoms with Crippen LogP contribution in [0.15, 0.2) is 35.3 Å². The van der Waals surface area contributed by atoms with Gasteiger partial charge in [0.1, 0.15) is 0 Å². The molecule has 0 aliphatic rings. The molecule has 0 fully saturated rings. The molecular formula is C21H33N5S. The van der Waals surface area contributed by atoms with Gasteiger partial charge in [0.15, 0.2) is 5.96 Å². The van der Waals surface area contributed by atoms with Gasteiger partial charge in [-0.05, 0) is 40.3 Å². The van der Waals surface area contributed by atoms with Gasteiger partial charge in [0, 0.05) is 37.0 Å². The lowest BCUT2D eigenvalue weighted by atomic mass is 10.2. The molecule has 2 rings (SSSR count). The number of hydrogen-bond donors (Lipinski definition) is 2. The van der Waals surface area contributed by atoms with E-state index in [1.54, 1.807) is 11.3 Å². The summed E-state index contributed by atoms with van der Waals surface area (Å²) in [6.45, 7) is 11.9. The van der Waals surface area contributed by atoms with Crippen molar-refractivity contribution in [1.29, 1.82) is 0 Å². The van der Waals surface area contributed by atoms with Crippen LogP contribution in [0.25, 0.3) is 0 Å². The van der Waals surface area contributed by atoms with Gasteiger partial charge in [-0.25, -0.2) is 4.98 Å². The summed E-state index contributed by atoms with van der Waals surface area (Å²) in [5.74, 6) is 0.877. The number of benzene rings is 1. The van der Waals surface area contributed by atoms with Crippen molar-refractivity contribution in [2.75, 3.05) is 26.7 Å². The zero-order chi connectivity index (χ0) is 19.6. The Morgan fingerprint density at radius 3 is 2.59 bits per heavy atom. The molecule has 0 aliphatic carbocycles. The molecule has 27 heavy (non-hydrogen) atoms. The maximum absolute atomic E-state index is 4.77. The molecule has 1 aromatic carbocycles. The fourth-order valence-corrected chi connectivity index (χ4v) is 3.60. The van der Waals surface area contributed by atoms with E-state index in [4.69, 9.17) is 4.99 Å². The van der Waals surface area contributed by atoms with E-state index in [0.29, 0.717) is 6.04 Å². The highest BCUT2D eigenvalue weighted by Crippen LogP contribution is 2.16. The maximum atomic E-state index is 4.77. The predicted octanol–water partition coefficient (Wildman–Crippen LogP) is 3.38. The lowest BCUT2D eigenvalue weighted by Crippen LogP contribution is -2.40. The van der Waals surface area contributed by atoms with Crippen molar-refractivity contribution < 1.29 is 0 Å². The molecule has 0 aliphatic heterocycles. The number of rotatable bonds is 9. The predicted molar refractivity (Wildman–Crippen MR) is 117 cm³/mol. The summed E-state index contributed by atoms with van der Waals surface area (Å²) in [5, 5.41) is 7.95. The zero-order valence-electron chi connectivity index (χ0n) is 17.2. The van der Waals surface area contributed by atoms with E-state index in [1.807, 2.05) is 0 Å². The molecule has 0 spiro atoms. The van der Waals surface area contributed by atoms with E-state index < -0.39 is 0 Å². The Morgan fingerprint density at radius 2 is 1.96 bits per heavy atom. The zero-order valence-corrected chi connectivity index (χ0v) is 18.1. The van der Waals surface area contributed by atoms with Crippen LogP contribution in [-0.4, -0.2) is 48.6 Å². The number of hydrogen-bond acceptors (Lipinski definition) is 4. The van der Waals surface area contributed by atoms with E-state index in [9.17, 15) is 0 Å². The highest BCUT2D eigenvalue weighted by atomic mass is 32.1. The average Bonchev–Trinajstić information content (AvgIpc) is 2.97. The van der Waals surface area contributed by atoms with Crippen molar-refractivity contribution in [3.05, 3.63) is 51.5 Å². The molecule has 1 aromatic heterocycles. The number of aryl methyl sites for hydroxylation is 2. The smallest absolute Gasteiger partial charge is 0.191 e. The van der Waals surface area contributed by atoms with Gasteiger partial charge in [-0.3, -0.25) is 9.89 Å². The van der Waals surface area contributed by atoms with E-state index in [0.717, 1.165) is 44.3 Å². The van der Waals surface area contributed by atoms with Crippen LogP contribution in [0.2, 0.25) is 0 Å². The van der Waals surface area contributed by atoms with Gasteiger partial charge in [-0.1, -0.05) is 30.3 Å². The minimum absolute atomic E-state index is 0.366. The Kier molecular flexibility index (Phi) is 8.75. The van der Waals surface area contributed by atoms with E-state index in [2.05, 4.69) is 85.6 Å². The van der Waals surface area contributed by atoms with Gasteiger partial charge in [-0.2, -0.15) is 0 Å². The van der Waals surface area contributed by atoms with Crippen LogP contribution in [0, 0.1) is 13.8 Å². The van der Waals surface area contributed by atoms with Gasteiger partial charge in [0.25, 0.3) is 0 Å². The first-order valence-corrected chi connectivity index (χ1v) is 10.5. The Morgan fingerprint density at radius 1 is 1.22 bits per heavy atom. The number of guanidine groups is 1. The molecule has 0 saturated heterocycles. The fraction of sp³-hybridized carbons (Fsp3) is 0.524. The topological polar surface area (TPSA) is 52.6 Å². The molecular weight excluding hydrogens is 354 g/mol. The van der Waals surface area contributed by atoms with Gasteiger partial charge < -0.3 is 10.6 Å². The second-order valence-corrected chi connectivity index (χ2v) is 8.18. The largest absolute Gasteiger partial charge is 0.357 e. The van der Waals surface area contributed by atoms with Crippen molar-refractivity contribution >= 4 is 17.3 Å². The number of aromatic nitrogens is 1. The molecule has 1 atom stereocenters. The minimum Gasteiger partial charge on any atom is -0.357 e. The van der Waals surface area contributed by atoms with Crippen molar-refractivity contribution in [2.45, 2.75) is 46.7 Å². The number of nitrogens with one attached hydrogen (secondary N) is 2.